The van der Waals surface area contributed by atoms with E-state index in [2.05, 4.69) is 41.3 Å². The zero-order valence-corrected chi connectivity index (χ0v) is 12.4. The molecule has 3 heteroatoms. The molecule has 0 aromatic heterocycles. The second-order valence-electron chi connectivity index (χ2n) is 6.36. The molecule has 0 saturated carbocycles. The lowest BCUT2D eigenvalue weighted by molar-refractivity contribution is -0.151. The van der Waals surface area contributed by atoms with E-state index in [0.717, 1.165) is 25.9 Å². The molecular formula is C18H21NO2. The summed E-state index contributed by atoms with van der Waals surface area (Å²) in [6.07, 6.45) is 1.73. The van der Waals surface area contributed by atoms with Crippen molar-refractivity contribution in [3.05, 3.63) is 48.0 Å². The number of rotatable bonds is 3. The van der Waals surface area contributed by atoms with Crippen LogP contribution in [0.3, 0.4) is 0 Å². The second-order valence-corrected chi connectivity index (χ2v) is 6.36. The van der Waals surface area contributed by atoms with Gasteiger partial charge in [-0.25, -0.2) is 0 Å². The van der Waals surface area contributed by atoms with Crippen LogP contribution in [0.25, 0.3) is 10.8 Å². The molecule has 0 radical (unpaired) electrons. The van der Waals surface area contributed by atoms with Gasteiger partial charge in [-0.3, -0.25) is 9.69 Å². The fourth-order valence-electron chi connectivity index (χ4n) is 3.25. The van der Waals surface area contributed by atoms with Crippen LogP contribution in [-0.2, 0) is 11.3 Å². The van der Waals surface area contributed by atoms with Crippen LogP contribution in [0.1, 0.15) is 25.3 Å². The summed E-state index contributed by atoms with van der Waals surface area (Å²) in [5.41, 5.74) is 0.651. The molecule has 1 unspecified atom stereocenters. The molecule has 2 aromatic rings. The molecule has 0 aliphatic carbocycles. The Labute approximate surface area is 125 Å². The first-order valence-electron chi connectivity index (χ1n) is 7.50. The maximum atomic E-state index is 11.4. The lowest BCUT2D eigenvalue weighted by Gasteiger charge is -2.37. The van der Waals surface area contributed by atoms with Gasteiger partial charge in [0, 0.05) is 13.1 Å². The number of carbonyl (C=O) groups is 1. The summed E-state index contributed by atoms with van der Waals surface area (Å²) in [5.74, 6) is -0.675. The Kier molecular flexibility index (Phi) is 3.68. The van der Waals surface area contributed by atoms with Gasteiger partial charge in [0.25, 0.3) is 0 Å². The van der Waals surface area contributed by atoms with Gasteiger partial charge in [0.1, 0.15) is 0 Å². The number of carboxylic acid groups (broad SMARTS) is 1. The van der Waals surface area contributed by atoms with Gasteiger partial charge in [-0.15, -0.1) is 0 Å². The molecule has 3 nitrogen and oxygen atoms in total. The van der Waals surface area contributed by atoms with Crippen LogP contribution in [0.4, 0.5) is 0 Å². The van der Waals surface area contributed by atoms with Gasteiger partial charge in [0.15, 0.2) is 0 Å². The largest absolute Gasteiger partial charge is 0.481 e. The standard InChI is InChI=1S/C18H21NO2/c1-18(17(20)21)9-4-10-19(13-18)12-14-7-8-15-5-2-3-6-16(15)11-14/h2-3,5-8,11H,4,9-10,12-13H2,1H3,(H,20,21). The van der Waals surface area contributed by atoms with Crippen LogP contribution in [0.5, 0.6) is 0 Å². The molecular weight excluding hydrogens is 262 g/mol. The minimum atomic E-state index is -0.675. The fourth-order valence-corrected chi connectivity index (χ4v) is 3.25. The first kappa shape index (κ1) is 14.1. The van der Waals surface area contributed by atoms with E-state index < -0.39 is 11.4 Å². The number of fused-ring (bicyclic) bond motifs is 1. The topological polar surface area (TPSA) is 40.5 Å². The smallest absolute Gasteiger partial charge is 0.310 e. The Bertz CT molecular complexity index is 667. The number of benzene rings is 2. The molecule has 0 amide bonds. The lowest BCUT2D eigenvalue weighted by Crippen LogP contribution is -2.45. The molecule has 110 valence electrons. The van der Waals surface area contributed by atoms with Crippen molar-refractivity contribution in [2.75, 3.05) is 13.1 Å². The van der Waals surface area contributed by atoms with Crippen LogP contribution < -0.4 is 0 Å². The third kappa shape index (κ3) is 2.93. The molecule has 1 heterocycles. The van der Waals surface area contributed by atoms with E-state index in [4.69, 9.17) is 0 Å². The minimum absolute atomic E-state index is 0.602. The SMILES string of the molecule is CC1(C(=O)O)CCCN(Cc2ccc3ccccc3c2)C1. The highest BCUT2D eigenvalue weighted by Crippen LogP contribution is 2.30. The molecule has 1 atom stereocenters. The third-order valence-electron chi connectivity index (χ3n) is 4.51. The first-order chi connectivity index (χ1) is 10.1. The predicted octanol–water partition coefficient (Wildman–Crippen LogP) is 3.53. The van der Waals surface area contributed by atoms with Crippen LogP contribution in [0.2, 0.25) is 0 Å². The zero-order chi connectivity index (χ0) is 14.9. The van der Waals surface area contributed by atoms with Crippen molar-refractivity contribution >= 4 is 16.7 Å². The Hall–Kier alpha value is -1.87. The van der Waals surface area contributed by atoms with E-state index in [0.29, 0.717) is 6.54 Å². The summed E-state index contributed by atoms with van der Waals surface area (Å²) in [6, 6.07) is 14.8. The summed E-state index contributed by atoms with van der Waals surface area (Å²) < 4.78 is 0. The maximum Gasteiger partial charge on any atom is 0.310 e. The van der Waals surface area contributed by atoms with E-state index in [1.54, 1.807) is 0 Å². The van der Waals surface area contributed by atoms with Crippen molar-refractivity contribution in [2.24, 2.45) is 5.41 Å². The molecule has 1 aliphatic rings. The van der Waals surface area contributed by atoms with Crippen LogP contribution in [-0.4, -0.2) is 29.1 Å². The van der Waals surface area contributed by atoms with Gasteiger partial charge < -0.3 is 5.11 Å². The number of carboxylic acids is 1. The number of hydrogen-bond donors (Lipinski definition) is 1. The van der Waals surface area contributed by atoms with E-state index in [9.17, 15) is 9.90 Å². The summed E-state index contributed by atoms with van der Waals surface area (Å²) in [6.45, 7) is 4.31. The predicted molar refractivity (Wildman–Crippen MR) is 84.2 cm³/mol. The minimum Gasteiger partial charge on any atom is -0.481 e. The van der Waals surface area contributed by atoms with Gasteiger partial charge in [0.2, 0.25) is 0 Å². The quantitative estimate of drug-likeness (QED) is 0.937. The molecule has 1 aliphatic heterocycles. The molecule has 21 heavy (non-hydrogen) atoms. The Morgan fingerprint density at radius 3 is 2.76 bits per heavy atom. The third-order valence-corrected chi connectivity index (χ3v) is 4.51. The zero-order valence-electron chi connectivity index (χ0n) is 12.4. The van der Waals surface area contributed by atoms with Crippen LogP contribution in [0.15, 0.2) is 42.5 Å². The Morgan fingerprint density at radius 1 is 1.24 bits per heavy atom. The van der Waals surface area contributed by atoms with Gasteiger partial charge in [-0.05, 0) is 48.7 Å². The fraction of sp³-hybridized carbons (Fsp3) is 0.389. The second kappa shape index (κ2) is 5.49. The monoisotopic (exact) mass is 283 g/mol. The first-order valence-corrected chi connectivity index (χ1v) is 7.50. The van der Waals surface area contributed by atoms with Gasteiger partial charge in [-0.1, -0.05) is 36.4 Å². The number of piperidine rings is 1. The van der Waals surface area contributed by atoms with E-state index in [1.807, 2.05) is 13.0 Å². The van der Waals surface area contributed by atoms with Crippen LogP contribution in [0, 0.1) is 5.41 Å². The summed E-state index contributed by atoms with van der Waals surface area (Å²) in [5, 5.41) is 11.9. The average Bonchev–Trinajstić information content (AvgIpc) is 2.47. The van der Waals surface area contributed by atoms with Crippen molar-refractivity contribution < 1.29 is 9.90 Å². The molecule has 2 aromatic carbocycles. The molecule has 3 rings (SSSR count). The van der Waals surface area contributed by atoms with Crippen LogP contribution >= 0.6 is 0 Å². The number of hydrogen-bond acceptors (Lipinski definition) is 2. The summed E-state index contributed by atoms with van der Waals surface area (Å²) >= 11 is 0. The van der Waals surface area contributed by atoms with Gasteiger partial charge in [-0.2, -0.15) is 0 Å². The molecule has 1 saturated heterocycles. The van der Waals surface area contributed by atoms with Crippen molar-refractivity contribution in [3.63, 3.8) is 0 Å². The van der Waals surface area contributed by atoms with Gasteiger partial charge in [0.05, 0.1) is 5.41 Å². The number of aliphatic carboxylic acids is 1. The molecule has 0 bridgehead atoms. The van der Waals surface area contributed by atoms with Gasteiger partial charge >= 0.3 is 5.97 Å². The van der Waals surface area contributed by atoms with Crippen molar-refractivity contribution in [1.82, 2.24) is 4.90 Å². The highest BCUT2D eigenvalue weighted by atomic mass is 16.4. The summed E-state index contributed by atoms with van der Waals surface area (Å²) in [7, 11) is 0. The van der Waals surface area contributed by atoms with E-state index in [1.165, 1.54) is 16.3 Å². The molecule has 0 spiro atoms. The summed E-state index contributed by atoms with van der Waals surface area (Å²) in [4.78, 5) is 13.7. The normalized spacial score (nSPS) is 23.3. The maximum absolute atomic E-state index is 11.4. The van der Waals surface area contributed by atoms with Crippen molar-refractivity contribution in [3.8, 4) is 0 Å². The lowest BCUT2D eigenvalue weighted by atomic mass is 9.82. The Morgan fingerprint density at radius 2 is 2.00 bits per heavy atom. The van der Waals surface area contributed by atoms with Crippen molar-refractivity contribution in [1.29, 1.82) is 0 Å². The highest BCUT2D eigenvalue weighted by Gasteiger charge is 2.37. The molecule has 1 fully saturated rings. The average molecular weight is 283 g/mol. The van der Waals surface area contributed by atoms with E-state index in [-0.39, 0.29) is 0 Å². The molecule has 1 N–H and O–H groups in total. The highest BCUT2D eigenvalue weighted by molar-refractivity contribution is 5.83. The van der Waals surface area contributed by atoms with Crippen molar-refractivity contribution in [2.45, 2.75) is 26.3 Å². The number of nitrogens with zero attached hydrogens (tertiary/aromatic N) is 1. The Balaban J connectivity index is 1.77. The number of likely N-dealkylation sites (tertiary alicyclic amines) is 1. The van der Waals surface area contributed by atoms with E-state index >= 15 is 0 Å².